The predicted octanol–water partition coefficient (Wildman–Crippen LogP) is 5.50. The number of hydrogen-bond donors (Lipinski definition) is 0. The highest BCUT2D eigenvalue weighted by atomic mass is 32.1. The van der Waals surface area contributed by atoms with Crippen LogP contribution in [0, 0.1) is 23.7 Å². The van der Waals surface area contributed by atoms with E-state index in [2.05, 4.69) is 18.8 Å². The molecule has 5 heteroatoms. The van der Waals surface area contributed by atoms with Crippen molar-refractivity contribution < 1.29 is 14.3 Å². The number of benzene rings is 1. The highest BCUT2D eigenvalue weighted by molar-refractivity contribution is 7.15. The number of thiophene rings is 1. The minimum atomic E-state index is -0.432. The first-order valence-electron chi connectivity index (χ1n) is 10.5. The smallest absolute Gasteiger partial charge is 0.350 e. The number of carbonyl (C=O) groups excluding carboxylic acids is 2. The largest absolute Gasteiger partial charge is 0.465 e. The molecule has 1 saturated carbocycles. The van der Waals surface area contributed by atoms with Gasteiger partial charge in [0.1, 0.15) is 4.88 Å². The molecule has 30 heavy (non-hydrogen) atoms. The Morgan fingerprint density at radius 3 is 2.37 bits per heavy atom. The zero-order chi connectivity index (χ0) is 21.7. The minimum Gasteiger partial charge on any atom is -0.465 e. The van der Waals surface area contributed by atoms with Crippen LogP contribution in [0.2, 0.25) is 0 Å². The maximum Gasteiger partial charge on any atom is 0.350 e. The quantitative estimate of drug-likeness (QED) is 0.482. The average molecular weight is 424 g/mol. The van der Waals surface area contributed by atoms with Gasteiger partial charge in [-0.05, 0) is 63.6 Å². The molecule has 3 rings (SSSR count). The number of amides is 1. The highest BCUT2D eigenvalue weighted by Gasteiger charge is 2.33. The maximum absolute atomic E-state index is 13.4. The molecule has 1 fully saturated rings. The second-order valence-electron chi connectivity index (χ2n) is 8.19. The van der Waals surface area contributed by atoms with Gasteiger partial charge in [-0.3, -0.25) is 4.79 Å². The van der Waals surface area contributed by atoms with Crippen LogP contribution in [0.4, 0.5) is 5.69 Å². The fourth-order valence-electron chi connectivity index (χ4n) is 3.87. The van der Waals surface area contributed by atoms with Gasteiger partial charge in [0.25, 0.3) is 0 Å². The lowest BCUT2D eigenvalue weighted by atomic mass is 9.82. The zero-order valence-corrected chi connectivity index (χ0v) is 18.9. The summed E-state index contributed by atoms with van der Waals surface area (Å²) in [6.07, 6.45) is 3.95. The summed E-state index contributed by atoms with van der Waals surface area (Å²) in [6, 6.07) is 11.5. The van der Waals surface area contributed by atoms with Gasteiger partial charge in [-0.2, -0.15) is 0 Å². The lowest BCUT2D eigenvalue weighted by Gasteiger charge is -2.33. The van der Waals surface area contributed by atoms with Crippen LogP contribution in [-0.4, -0.2) is 25.0 Å². The van der Waals surface area contributed by atoms with E-state index in [0.29, 0.717) is 16.5 Å². The monoisotopic (exact) mass is 423 g/mol. The summed E-state index contributed by atoms with van der Waals surface area (Å²) in [7, 11) is 1.37. The summed E-state index contributed by atoms with van der Waals surface area (Å²) in [5, 5.41) is 0. The number of esters is 1. The normalized spacial score (nSPS) is 18.4. The molecule has 0 radical (unpaired) electrons. The Balaban J connectivity index is 1.96. The van der Waals surface area contributed by atoms with Crippen LogP contribution >= 0.6 is 11.3 Å². The van der Waals surface area contributed by atoms with E-state index < -0.39 is 5.97 Å². The van der Waals surface area contributed by atoms with Gasteiger partial charge in [-0.1, -0.05) is 37.0 Å². The van der Waals surface area contributed by atoms with Gasteiger partial charge < -0.3 is 9.64 Å². The molecule has 1 aliphatic rings. The Hall–Kier alpha value is -2.58. The van der Waals surface area contributed by atoms with Crippen molar-refractivity contribution >= 4 is 28.9 Å². The third-order valence-electron chi connectivity index (χ3n) is 5.57. The van der Waals surface area contributed by atoms with E-state index in [-0.39, 0.29) is 17.9 Å². The Morgan fingerprint density at radius 1 is 1.10 bits per heavy atom. The van der Waals surface area contributed by atoms with E-state index >= 15 is 0 Å². The predicted molar refractivity (Wildman–Crippen MR) is 122 cm³/mol. The molecule has 1 aromatic heterocycles. The summed E-state index contributed by atoms with van der Waals surface area (Å²) in [6.45, 7) is 6.21. The molecule has 2 aromatic rings. The molecule has 1 amide bonds. The summed E-state index contributed by atoms with van der Waals surface area (Å²) < 4.78 is 5.01. The van der Waals surface area contributed by atoms with Crippen molar-refractivity contribution in [1.82, 2.24) is 0 Å². The second kappa shape index (κ2) is 9.95. The molecule has 0 bridgehead atoms. The molecule has 0 spiro atoms. The molecule has 0 saturated heterocycles. The molecule has 0 N–H and O–H groups in total. The molecular formula is C25H29NO3S. The van der Waals surface area contributed by atoms with Gasteiger partial charge in [-0.25, -0.2) is 4.79 Å². The van der Waals surface area contributed by atoms with Crippen LogP contribution in [0.25, 0.3) is 0 Å². The van der Waals surface area contributed by atoms with Crippen LogP contribution in [0.15, 0.2) is 36.4 Å². The number of methoxy groups -OCH3 is 1. The molecule has 0 atom stereocenters. The molecule has 1 aromatic carbocycles. The van der Waals surface area contributed by atoms with Crippen LogP contribution < -0.4 is 4.90 Å². The molecule has 158 valence electrons. The highest BCUT2D eigenvalue weighted by Crippen LogP contribution is 2.36. The first-order valence-corrected chi connectivity index (χ1v) is 11.3. The average Bonchev–Trinajstić information content (AvgIpc) is 3.16. The third-order valence-corrected chi connectivity index (χ3v) is 6.59. The van der Waals surface area contributed by atoms with Gasteiger partial charge >= 0.3 is 5.97 Å². The summed E-state index contributed by atoms with van der Waals surface area (Å²) in [4.78, 5) is 28.9. The minimum absolute atomic E-state index is 0.00727. The molecular weight excluding hydrogens is 394 g/mol. The zero-order valence-electron chi connectivity index (χ0n) is 18.1. The molecule has 0 unspecified atom stereocenters. The van der Waals surface area contributed by atoms with Crippen molar-refractivity contribution in [2.45, 2.75) is 52.5 Å². The number of anilines is 1. The summed E-state index contributed by atoms with van der Waals surface area (Å²) >= 11 is 1.28. The molecule has 0 aliphatic heterocycles. The van der Waals surface area contributed by atoms with Gasteiger partial charge in [0.05, 0.1) is 17.7 Å². The standard InChI is InChI=1S/C25H29NO3S/c1-17(2)26(24(27)20-13-10-18(3)11-14-20)22-16-21(30-23(22)25(28)29-4)15-12-19-8-6-5-7-9-19/h5-9,16-18,20H,10-11,13-14H2,1-4H3. The number of carbonyl (C=O) groups is 2. The number of hydrogen-bond acceptors (Lipinski definition) is 4. The Bertz CT molecular complexity index is 944. The van der Waals surface area contributed by atoms with E-state index in [4.69, 9.17) is 4.74 Å². The molecule has 1 aliphatic carbocycles. The van der Waals surface area contributed by atoms with Crippen LogP contribution in [-0.2, 0) is 9.53 Å². The number of nitrogens with zero attached hydrogens (tertiary/aromatic N) is 1. The lowest BCUT2D eigenvalue weighted by molar-refractivity contribution is -0.123. The van der Waals surface area contributed by atoms with E-state index in [9.17, 15) is 9.59 Å². The topological polar surface area (TPSA) is 46.6 Å². The van der Waals surface area contributed by atoms with E-state index in [0.717, 1.165) is 36.1 Å². The van der Waals surface area contributed by atoms with Crippen molar-refractivity contribution in [1.29, 1.82) is 0 Å². The SMILES string of the molecule is COC(=O)c1sc(C#Cc2ccccc2)cc1N(C(=O)C1CCC(C)CC1)C(C)C. The maximum atomic E-state index is 13.4. The second-order valence-corrected chi connectivity index (χ2v) is 9.24. The third kappa shape index (κ3) is 5.12. The molecule has 1 heterocycles. The van der Waals surface area contributed by atoms with E-state index in [1.807, 2.05) is 50.2 Å². The fourth-order valence-corrected chi connectivity index (χ4v) is 4.79. The Labute approximate surface area is 183 Å². The summed E-state index contributed by atoms with van der Waals surface area (Å²) in [5.74, 6) is 6.62. The van der Waals surface area contributed by atoms with Crippen LogP contribution in [0.5, 0.6) is 0 Å². The lowest BCUT2D eigenvalue weighted by Crippen LogP contribution is -2.42. The summed E-state index contributed by atoms with van der Waals surface area (Å²) in [5.41, 5.74) is 1.52. The molecule has 4 nitrogen and oxygen atoms in total. The number of ether oxygens (including phenoxy) is 1. The van der Waals surface area contributed by atoms with Crippen molar-refractivity contribution in [3.8, 4) is 11.8 Å². The van der Waals surface area contributed by atoms with Gasteiger partial charge in [0, 0.05) is 17.5 Å². The Morgan fingerprint density at radius 2 is 1.77 bits per heavy atom. The van der Waals surface area contributed by atoms with Gasteiger partial charge in [0.2, 0.25) is 5.91 Å². The van der Waals surface area contributed by atoms with Crippen LogP contribution in [0.3, 0.4) is 0 Å². The van der Waals surface area contributed by atoms with Crippen molar-refractivity contribution in [3.05, 3.63) is 51.7 Å². The Kier molecular flexibility index (Phi) is 7.33. The van der Waals surface area contributed by atoms with Crippen LogP contribution in [0.1, 0.15) is 66.6 Å². The van der Waals surface area contributed by atoms with Crippen molar-refractivity contribution in [2.75, 3.05) is 12.0 Å². The van der Waals surface area contributed by atoms with E-state index in [1.165, 1.54) is 18.4 Å². The first-order chi connectivity index (χ1) is 14.4. The van der Waals surface area contributed by atoms with E-state index in [1.54, 1.807) is 4.90 Å². The first kappa shape index (κ1) is 22.1. The number of rotatable bonds is 4. The van der Waals surface area contributed by atoms with Crippen molar-refractivity contribution in [3.63, 3.8) is 0 Å². The van der Waals surface area contributed by atoms with Crippen molar-refractivity contribution in [2.24, 2.45) is 11.8 Å². The van der Waals surface area contributed by atoms with Gasteiger partial charge in [0.15, 0.2) is 0 Å². The fraction of sp³-hybridized carbons (Fsp3) is 0.440. The van der Waals surface area contributed by atoms with Gasteiger partial charge in [-0.15, -0.1) is 11.3 Å².